The van der Waals surface area contributed by atoms with Crippen molar-refractivity contribution in [3.63, 3.8) is 0 Å². The van der Waals surface area contributed by atoms with Crippen LogP contribution >= 0.6 is 11.8 Å². The van der Waals surface area contributed by atoms with Gasteiger partial charge in [-0.25, -0.2) is 9.78 Å². The Kier molecular flexibility index (Phi) is 14.0. The molecule has 12 nitrogen and oxygen atoms in total. The van der Waals surface area contributed by atoms with Gasteiger partial charge in [-0.2, -0.15) is 11.8 Å². The average molecular weight is 562 g/mol. The van der Waals surface area contributed by atoms with E-state index in [1.54, 1.807) is 11.8 Å². The van der Waals surface area contributed by atoms with Crippen molar-refractivity contribution < 1.29 is 24.3 Å². The zero-order valence-corrected chi connectivity index (χ0v) is 22.9. The van der Waals surface area contributed by atoms with Crippen molar-refractivity contribution in [3.05, 3.63) is 54.1 Å². The number of nitrogens with zero attached hydrogens (tertiary/aromatic N) is 1. The van der Waals surface area contributed by atoms with Crippen molar-refractivity contribution in [2.75, 3.05) is 18.6 Å². The number of carboxylic acid groups (broad SMARTS) is 1. The van der Waals surface area contributed by atoms with Crippen molar-refractivity contribution in [3.8, 4) is 0 Å². The molecule has 0 fully saturated rings. The number of hydrogen-bond donors (Lipinski definition) is 7. The number of nitrogens with two attached hydrogens (primary N) is 2. The Morgan fingerprint density at radius 1 is 0.949 bits per heavy atom. The van der Waals surface area contributed by atoms with Crippen LogP contribution in [-0.4, -0.2) is 81.5 Å². The van der Waals surface area contributed by atoms with Crippen molar-refractivity contribution in [2.45, 2.75) is 62.7 Å². The lowest BCUT2D eigenvalue weighted by atomic mass is 10.0. The summed E-state index contributed by atoms with van der Waals surface area (Å²) in [5.74, 6) is -2.21. The molecule has 0 spiro atoms. The summed E-state index contributed by atoms with van der Waals surface area (Å²) in [7, 11) is 0. The number of amides is 3. The molecule has 0 radical (unpaired) electrons. The number of carbonyl (C=O) groups excluding carboxylic acids is 3. The molecular formula is C26H39N7O5S. The maximum Gasteiger partial charge on any atom is 0.326 e. The lowest BCUT2D eigenvalue weighted by Gasteiger charge is -2.25. The molecule has 3 amide bonds. The second-order valence-electron chi connectivity index (χ2n) is 9.16. The Hall–Kier alpha value is -3.42. The molecule has 2 aromatic rings. The third kappa shape index (κ3) is 11.5. The van der Waals surface area contributed by atoms with Crippen LogP contribution in [0.2, 0.25) is 0 Å². The average Bonchev–Trinajstić information content (AvgIpc) is 3.44. The lowest BCUT2D eigenvalue weighted by Crippen LogP contribution is -2.57. The molecule has 0 saturated heterocycles. The smallest absolute Gasteiger partial charge is 0.326 e. The van der Waals surface area contributed by atoms with Gasteiger partial charge < -0.3 is 37.5 Å². The number of imidazole rings is 1. The molecule has 4 unspecified atom stereocenters. The summed E-state index contributed by atoms with van der Waals surface area (Å²) in [5.41, 5.74) is 13.0. The van der Waals surface area contributed by atoms with Crippen molar-refractivity contribution in [2.24, 2.45) is 11.5 Å². The molecule has 0 aliphatic rings. The van der Waals surface area contributed by atoms with Crippen LogP contribution < -0.4 is 27.4 Å². The zero-order valence-electron chi connectivity index (χ0n) is 22.1. The summed E-state index contributed by atoms with van der Waals surface area (Å²) in [6.07, 6.45) is 6.81. The number of aromatic nitrogens is 2. The van der Waals surface area contributed by atoms with Crippen LogP contribution in [0.1, 0.15) is 36.9 Å². The third-order valence-electron chi connectivity index (χ3n) is 6.06. The van der Waals surface area contributed by atoms with Crippen LogP contribution in [0, 0.1) is 0 Å². The first-order valence-corrected chi connectivity index (χ1v) is 14.2. The monoisotopic (exact) mass is 561 g/mol. The molecule has 39 heavy (non-hydrogen) atoms. The van der Waals surface area contributed by atoms with E-state index in [1.165, 1.54) is 12.5 Å². The van der Waals surface area contributed by atoms with E-state index < -0.39 is 47.9 Å². The quantitative estimate of drug-likeness (QED) is 0.122. The number of H-pyrrole nitrogens is 1. The van der Waals surface area contributed by atoms with E-state index in [0.29, 0.717) is 37.3 Å². The summed E-state index contributed by atoms with van der Waals surface area (Å²) in [5, 5.41) is 17.6. The van der Waals surface area contributed by atoms with E-state index in [2.05, 4.69) is 25.9 Å². The van der Waals surface area contributed by atoms with E-state index in [-0.39, 0.29) is 19.3 Å². The minimum Gasteiger partial charge on any atom is -0.480 e. The molecule has 0 bridgehead atoms. The predicted octanol–water partition coefficient (Wildman–Crippen LogP) is -0.0567. The fraction of sp³-hybridized carbons (Fsp3) is 0.500. The number of aliphatic carboxylic acids is 1. The SMILES string of the molecule is CSCCC(N)C(=O)NC(Cc1ccccc1)C(=O)NC(CCCCN)C(=O)NC(Cc1cnc[nH]1)C(=O)O. The summed E-state index contributed by atoms with van der Waals surface area (Å²) in [6, 6.07) is 5.10. The molecule has 13 heteroatoms. The third-order valence-corrected chi connectivity index (χ3v) is 6.70. The van der Waals surface area contributed by atoms with Crippen LogP contribution in [0.5, 0.6) is 0 Å². The minimum absolute atomic E-state index is 0.00877. The van der Waals surface area contributed by atoms with Gasteiger partial charge in [-0.1, -0.05) is 30.3 Å². The minimum atomic E-state index is -1.24. The molecule has 2 rings (SSSR count). The Balaban J connectivity index is 2.19. The Morgan fingerprint density at radius 2 is 1.62 bits per heavy atom. The normalized spacial score (nSPS) is 14.0. The van der Waals surface area contributed by atoms with Gasteiger partial charge in [0.1, 0.15) is 18.1 Å². The molecule has 9 N–H and O–H groups in total. The molecule has 0 aliphatic carbocycles. The second-order valence-corrected chi connectivity index (χ2v) is 10.2. The summed E-state index contributed by atoms with van der Waals surface area (Å²) in [4.78, 5) is 57.9. The highest BCUT2D eigenvalue weighted by Gasteiger charge is 2.30. The number of thioether (sulfide) groups is 1. The van der Waals surface area contributed by atoms with Gasteiger partial charge >= 0.3 is 5.97 Å². The van der Waals surface area contributed by atoms with E-state index in [1.807, 2.05) is 36.6 Å². The molecule has 0 saturated carbocycles. The van der Waals surface area contributed by atoms with Gasteiger partial charge in [-0.3, -0.25) is 14.4 Å². The molecular weight excluding hydrogens is 522 g/mol. The number of carboxylic acids is 1. The number of aromatic amines is 1. The lowest BCUT2D eigenvalue weighted by molar-refractivity contribution is -0.142. The van der Waals surface area contributed by atoms with Crippen LogP contribution in [0.15, 0.2) is 42.9 Å². The van der Waals surface area contributed by atoms with Gasteiger partial charge in [0.25, 0.3) is 0 Å². The van der Waals surface area contributed by atoms with Crippen molar-refractivity contribution in [1.82, 2.24) is 25.9 Å². The number of benzene rings is 1. The predicted molar refractivity (Wildman–Crippen MR) is 150 cm³/mol. The molecule has 1 heterocycles. The summed E-state index contributed by atoms with van der Waals surface area (Å²) < 4.78 is 0. The van der Waals surface area contributed by atoms with Gasteiger partial charge in [0.15, 0.2) is 0 Å². The van der Waals surface area contributed by atoms with E-state index in [0.717, 1.165) is 5.56 Å². The van der Waals surface area contributed by atoms with Crippen LogP contribution in [-0.2, 0) is 32.0 Å². The van der Waals surface area contributed by atoms with Gasteiger partial charge in [0.05, 0.1) is 12.4 Å². The summed E-state index contributed by atoms with van der Waals surface area (Å²) >= 11 is 1.56. The van der Waals surface area contributed by atoms with Crippen LogP contribution in [0.25, 0.3) is 0 Å². The first kappa shape index (κ1) is 31.8. The van der Waals surface area contributed by atoms with E-state index in [4.69, 9.17) is 11.5 Å². The first-order chi connectivity index (χ1) is 18.7. The fourth-order valence-corrected chi connectivity index (χ4v) is 4.33. The Bertz CT molecular complexity index is 1040. The molecule has 1 aromatic heterocycles. The highest BCUT2D eigenvalue weighted by atomic mass is 32.2. The zero-order chi connectivity index (χ0) is 28.6. The van der Waals surface area contributed by atoms with Crippen molar-refractivity contribution in [1.29, 1.82) is 0 Å². The topological polar surface area (TPSA) is 205 Å². The fourth-order valence-electron chi connectivity index (χ4n) is 3.84. The van der Waals surface area contributed by atoms with Gasteiger partial charge in [0, 0.05) is 24.7 Å². The maximum atomic E-state index is 13.4. The number of nitrogens with one attached hydrogen (secondary N) is 4. The standard InChI is InChI=1S/C26H39N7O5S/c1-39-12-10-19(28)23(34)32-21(13-17-7-3-2-4-8-17)25(36)31-20(9-5-6-11-27)24(35)33-22(26(37)38)14-18-15-29-16-30-18/h2-4,7-8,15-16,19-22H,5-6,9-14,27-28H2,1H3,(H,29,30)(H,31,36)(H,32,34)(H,33,35)(H,37,38). The van der Waals surface area contributed by atoms with Gasteiger partial charge in [0.2, 0.25) is 17.7 Å². The largest absolute Gasteiger partial charge is 0.480 e. The number of carbonyl (C=O) groups is 4. The highest BCUT2D eigenvalue weighted by Crippen LogP contribution is 2.08. The van der Waals surface area contributed by atoms with Gasteiger partial charge in [-0.05, 0) is 49.8 Å². The molecule has 214 valence electrons. The summed E-state index contributed by atoms with van der Waals surface area (Å²) in [6.45, 7) is 0.403. The molecule has 4 atom stereocenters. The molecule has 0 aliphatic heterocycles. The van der Waals surface area contributed by atoms with Crippen molar-refractivity contribution >= 4 is 35.5 Å². The number of hydrogen-bond acceptors (Lipinski definition) is 8. The number of unbranched alkanes of at least 4 members (excludes halogenated alkanes) is 1. The second kappa shape index (κ2) is 17.2. The molecule has 1 aromatic carbocycles. The first-order valence-electron chi connectivity index (χ1n) is 12.8. The van der Waals surface area contributed by atoms with Gasteiger partial charge in [-0.15, -0.1) is 0 Å². The highest BCUT2D eigenvalue weighted by molar-refractivity contribution is 7.98. The Morgan fingerprint density at radius 3 is 2.23 bits per heavy atom. The van der Waals surface area contributed by atoms with Crippen LogP contribution in [0.4, 0.5) is 0 Å². The van der Waals surface area contributed by atoms with E-state index in [9.17, 15) is 24.3 Å². The number of rotatable bonds is 18. The maximum absolute atomic E-state index is 13.4. The Labute approximate surface area is 232 Å². The van der Waals surface area contributed by atoms with E-state index >= 15 is 0 Å². The van der Waals surface area contributed by atoms with Crippen LogP contribution in [0.3, 0.4) is 0 Å².